The average molecular weight is 262 g/mol. The van der Waals surface area contributed by atoms with Crippen LogP contribution in [0.3, 0.4) is 0 Å². The van der Waals surface area contributed by atoms with Gasteiger partial charge in [0.05, 0.1) is 21.8 Å². The number of benzene rings is 2. The van der Waals surface area contributed by atoms with E-state index in [9.17, 15) is 20.2 Å². The maximum Gasteiger partial charge on any atom is 0.318 e. The molecule has 7 nitrogen and oxygen atoms in total. The molecule has 2 rings (SSSR count). The van der Waals surface area contributed by atoms with Crippen LogP contribution in [-0.4, -0.2) is 16.5 Å². The van der Waals surface area contributed by atoms with Gasteiger partial charge in [-0.3, -0.25) is 20.2 Å². The zero-order valence-electron chi connectivity index (χ0n) is 10.0. The molecular formula is C12H10N2O5. The van der Waals surface area contributed by atoms with Gasteiger partial charge in [-0.15, -0.1) is 0 Å². The fourth-order valence-corrected chi connectivity index (χ4v) is 1.85. The number of hydrogen-bond donors (Lipinski definition) is 0. The summed E-state index contributed by atoms with van der Waals surface area (Å²) in [7, 11) is 0. The van der Waals surface area contributed by atoms with Crippen LogP contribution in [-0.2, 0) is 0 Å². The van der Waals surface area contributed by atoms with E-state index in [-0.39, 0.29) is 17.1 Å². The van der Waals surface area contributed by atoms with Gasteiger partial charge in [-0.05, 0) is 30.5 Å². The molecule has 98 valence electrons. The van der Waals surface area contributed by atoms with E-state index in [4.69, 9.17) is 4.74 Å². The second-order valence-corrected chi connectivity index (χ2v) is 3.76. The highest BCUT2D eigenvalue weighted by Gasteiger charge is 2.21. The average Bonchev–Trinajstić information content (AvgIpc) is 2.37. The molecule has 0 aliphatic rings. The first kappa shape index (κ1) is 12.7. The molecule has 2 aromatic rings. The Hall–Kier alpha value is -2.70. The van der Waals surface area contributed by atoms with Crippen LogP contribution in [0, 0.1) is 20.2 Å². The van der Waals surface area contributed by atoms with Crippen LogP contribution in [0.4, 0.5) is 11.4 Å². The van der Waals surface area contributed by atoms with Crippen LogP contribution in [0.2, 0.25) is 0 Å². The van der Waals surface area contributed by atoms with Gasteiger partial charge >= 0.3 is 5.69 Å². The second kappa shape index (κ2) is 4.89. The van der Waals surface area contributed by atoms with Crippen molar-refractivity contribution in [3.05, 3.63) is 50.6 Å². The van der Waals surface area contributed by atoms with E-state index in [1.165, 1.54) is 24.3 Å². The maximum absolute atomic E-state index is 11.1. The lowest BCUT2D eigenvalue weighted by atomic mass is 10.1. The minimum Gasteiger partial charge on any atom is -0.487 e. The number of hydrogen-bond acceptors (Lipinski definition) is 5. The van der Waals surface area contributed by atoms with Crippen LogP contribution in [0.5, 0.6) is 5.75 Å². The number of nitrogens with zero attached hydrogens (tertiary/aromatic N) is 2. The quantitative estimate of drug-likeness (QED) is 0.623. The van der Waals surface area contributed by atoms with Gasteiger partial charge in [-0.1, -0.05) is 0 Å². The van der Waals surface area contributed by atoms with E-state index >= 15 is 0 Å². The van der Waals surface area contributed by atoms with Crippen molar-refractivity contribution in [2.24, 2.45) is 0 Å². The molecule has 0 saturated carbocycles. The molecule has 0 heterocycles. The Kier molecular flexibility index (Phi) is 3.28. The van der Waals surface area contributed by atoms with Gasteiger partial charge in [-0.25, -0.2) is 0 Å². The van der Waals surface area contributed by atoms with Gasteiger partial charge in [0.2, 0.25) is 0 Å². The highest BCUT2D eigenvalue weighted by molar-refractivity contribution is 5.94. The number of rotatable bonds is 4. The fraction of sp³-hybridized carbons (Fsp3) is 0.167. The molecule has 0 saturated heterocycles. The number of nitro groups is 2. The SMILES string of the molecule is CCOc1ccc2cc([N+](=O)[O-])ccc2c1[N+](=O)[O-]. The summed E-state index contributed by atoms with van der Waals surface area (Å²) in [6.45, 7) is 2.03. The maximum atomic E-state index is 11.1. The van der Waals surface area contributed by atoms with Crippen molar-refractivity contribution in [1.29, 1.82) is 0 Å². The van der Waals surface area contributed by atoms with Crippen molar-refractivity contribution < 1.29 is 14.6 Å². The van der Waals surface area contributed by atoms with E-state index in [1.54, 1.807) is 13.0 Å². The molecule has 0 amide bonds. The molecule has 0 N–H and O–H groups in total. The number of fused-ring (bicyclic) bond motifs is 1. The molecular weight excluding hydrogens is 252 g/mol. The molecule has 0 aliphatic heterocycles. The molecule has 0 fully saturated rings. The molecule has 0 atom stereocenters. The molecule has 0 aliphatic carbocycles. The lowest BCUT2D eigenvalue weighted by Gasteiger charge is -2.06. The van der Waals surface area contributed by atoms with Gasteiger partial charge in [0.1, 0.15) is 0 Å². The van der Waals surface area contributed by atoms with Gasteiger partial charge in [-0.2, -0.15) is 0 Å². The lowest BCUT2D eigenvalue weighted by Crippen LogP contribution is -1.98. The zero-order valence-corrected chi connectivity index (χ0v) is 10.0. The first-order valence-corrected chi connectivity index (χ1v) is 5.53. The van der Waals surface area contributed by atoms with E-state index in [0.29, 0.717) is 17.4 Å². The van der Waals surface area contributed by atoms with Gasteiger partial charge < -0.3 is 4.74 Å². The predicted octanol–water partition coefficient (Wildman–Crippen LogP) is 3.05. The van der Waals surface area contributed by atoms with E-state index in [1.807, 2.05) is 0 Å². The Balaban J connectivity index is 2.72. The van der Waals surface area contributed by atoms with Crippen molar-refractivity contribution in [2.75, 3.05) is 6.61 Å². The second-order valence-electron chi connectivity index (χ2n) is 3.76. The van der Waals surface area contributed by atoms with Crippen molar-refractivity contribution in [1.82, 2.24) is 0 Å². The summed E-state index contributed by atoms with van der Waals surface area (Å²) in [6, 6.07) is 6.94. The third-order valence-corrected chi connectivity index (χ3v) is 2.63. The minimum absolute atomic E-state index is 0.106. The molecule has 7 heteroatoms. The topological polar surface area (TPSA) is 95.5 Å². The highest BCUT2D eigenvalue weighted by Crippen LogP contribution is 2.36. The lowest BCUT2D eigenvalue weighted by molar-refractivity contribution is -0.385. The Morgan fingerprint density at radius 3 is 2.42 bits per heavy atom. The van der Waals surface area contributed by atoms with Crippen LogP contribution in [0.15, 0.2) is 30.3 Å². The summed E-state index contributed by atoms with van der Waals surface area (Å²) in [5, 5.41) is 22.6. The first-order valence-electron chi connectivity index (χ1n) is 5.53. The summed E-state index contributed by atoms with van der Waals surface area (Å²) >= 11 is 0. The van der Waals surface area contributed by atoms with E-state index in [2.05, 4.69) is 0 Å². The normalized spacial score (nSPS) is 10.4. The van der Waals surface area contributed by atoms with Crippen LogP contribution in [0.25, 0.3) is 10.8 Å². The fourth-order valence-electron chi connectivity index (χ4n) is 1.85. The van der Waals surface area contributed by atoms with Crippen LogP contribution in [0.1, 0.15) is 6.92 Å². The highest BCUT2D eigenvalue weighted by atomic mass is 16.6. The smallest absolute Gasteiger partial charge is 0.318 e. The molecule has 0 bridgehead atoms. The number of nitro benzene ring substituents is 2. The first-order chi connectivity index (χ1) is 9.04. The zero-order chi connectivity index (χ0) is 14.0. The third kappa shape index (κ3) is 2.30. The summed E-state index contributed by atoms with van der Waals surface area (Å²) in [6.07, 6.45) is 0. The molecule has 0 spiro atoms. The summed E-state index contributed by atoms with van der Waals surface area (Å²) in [5.74, 6) is 0.161. The third-order valence-electron chi connectivity index (χ3n) is 2.63. The Morgan fingerprint density at radius 2 is 1.84 bits per heavy atom. The molecule has 19 heavy (non-hydrogen) atoms. The van der Waals surface area contributed by atoms with Crippen molar-refractivity contribution in [3.63, 3.8) is 0 Å². The predicted molar refractivity (Wildman–Crippen MR) is 68.4 cm³/mol. The molecule has 0 unspecified atom stereocenters. The number of non-ortho nitro benzene ring substituents is 1. The molecule has 0 radical (unpaired) electrons. The largest absolute Gasteiger partial charge is 0.487 e. The summed E-state index contributed by atoms with van der Waals surface area (Å²) in [4.78, 5) is 20.7. The van der Waals surface area contributed by atoms with Crippen LogP contribution < -0.4 is 4.74 Å². The summed E-state index contributed by atoms with van der Waals surface area (Å²) in [5.41, 5.74) is -0.278. The number of ether oxygens (including phenoxy) is 1. The van der Waals surface area contributed by atoms with Crippen molar-refractivity contribution in [3.8, 4) is 5.75 Å². The van der Waals surface area contributed by atoms with E-state index in [0.717, 1.165) is 0 Å². The minimum atomic E-state index is -0.542. The Labute approximate surface area is 107 Å². The standard InChI is InChI=1S/C12H10N2O5/c1-2-19-11-6-3-8-7-9(13(15)16)4-5-10(8)12(11)14(17)18/h3-7H,2H2,1H3. The van der Waals surface area contributed by atoms with Gasteiger partial charge in [0.15, 0.2) is 5.75 Å². The van der Waals surface area contributed by atoms with Crippen molar-refractivity contribution in [2.45, 2.75) is 6.92 Å². The molecule has 2 aromatic carbocycles. The Morgan fingerprint density at radius 1 is 1.11 bits per heavy atom. The Bertz CT molecular complexity index is 668. The van der Waals surface area contributed by atoms with E-state index < -0.39 is 9.85 Å². The van der Waals surface area contributed by atoms with Gasteiger partial charge in [0, 0.05) is 12.1 Å². The monoisotopic (exact) mass is 262 g/mol. The summed E-state index contributed by atoms with van der Waals surface area (Å²) < 4.78 is 5.21. The van der Waals surface area contributed by atoms with Gasteiger partial charge in [0.25, 0.3) is 5.69 Å². The van der Waals surface area contributed by atoms with Crippen LogP contribution >= 0.6 is 0 Å². The van der Waals surface area contributed by atoms with Crippen molar-refractivity contribution >= 4 is 22.1 Å². The molecule has 0 aromatic heterocycles.